The van der Waals surface area contributed by atoms with Gasteiger partial charge < -0.3 is 15.2 Å². The molecule has 0 aliphatic carbocycles. The molecule has 1 aromatic heterocycles. The maximum absolute atomic E-state index is 11.6. The van der Waals surface area contributed by atoms with Crippen LogP contribution in [-0.2, 0) is 14.3 Å². The number of methoxy groups -OCH3 is 1. The number of carbonyl (C=O) groups excluding carboxylic acids is 2. The second kappa shape index (κ2) is 5.48. The van der Waals surface area contributed by atoms with E-state index < -0.39 is 18.0 Å². The Bertz CT molecular complexity index is 455. The first-order valence-corrected chi connectivity index (χ1v) is 5.38. The Kier molecular flexibility index (Phi) is 4.24. The van der Waals surface area contributed by atoms with E-state index in [2.05, 4.69) is 15.0 Å². The Labute approximate surface area is 104 Å². The number of carbonyl (C=O) groups is 2. The molecule has 2 N–H and O–H groups in total. The molecule has 100 valence electrons. The van der Waals surface area contributed by atoms with Crippen LogP contribution in [0.2, 0.25) is 0 Å². The minimum atomic E-state index is -0.761. The highest BCUT2D eigenvalue weighted by molar-refractivity contribution is 5.92. The van der Waals surface area contributed by atoms with Crippen LogP contribution in [0.3, 0.4) is 0 Å². The van der Waals surface area contributed by atoms with Crippen molar-refractivity contribution in [2.75, 3.05) is 12.8 Å². The van der Waals surface area contributed by atoms with Gasteiger partial charge in [0, 0.05) is 0 Å². The van der Waals surface area contributed by atoms with E-state index >= 15 is 0 Å². The third-order valence-electron chi connectivity index (χ3n) is 2.18. The third kappa shape index (κ3) is 2.76. The van der Waals surface area contributed by atoms with Crippen LogP contribution in [-0.4, -0.2) is 40.1 Å². The van der Waals surface area contributed by atoms with Gasteiger partial charge in [0.25, 0.3) is 0 Å². The average molecular weight is 256 g/mol. The first-order chi connectivity index (χ1) is 8.38. The van der Waals surface area contributed by atoms with Gasteiger partial charge in [-0.05, 0) is 20.8 Å². The van der Waals surface area contributed by atoms with E-state index in [4.69, 9.17) is 10.5 Å². The van der Waals surface area contributed by atoms with Crippen molar-refractivity contribution in [3.8, 4) is 0 Å². The Hall–Kier alpha value is -2.12. The summed E-state index contributed by atoms with van der Waals surface area (Å²) in [7, 11) is 1.25. The van der Waals surface area contributed by atoms with Gasteiger partial charge in [-0.25, -0.2) is 14.3 Å². The molecule has 1 atom stereocenters. The predicted octanol–water partition coefficient (Wildman–Crippen LogP) is 0.159. The SMILES string of the molecule is COC(=O)C(C)n1nnc(C(=O)OC(C)C)c1N. The van der Waals surface area contributed by atoms with Crippen LogP contribution in [0.15, 0.2) is 0 Å². The smallest absolute Gasteiger partial charge is 0.363 e. The second-order valence-electron chi connectivity index (χ2n) is 3.92. The van der Waals surface area contributed by atoms with Crippen LogP contribution >= 0.6 is 0 Å². The summed E-state index contributed by atoms with van der Waals surface area (Å²) >= 11 is 0. The van der Waals surface area contributed by atoms with E-state index in [9.17, 15) is 9.59 Å². The largest absolute Gasteiger partial charge is 0.467 e. The lowest BCUT2D eigenvalue weighted by Gasteiger charge is -2.10. The van der Waals surface area contributed by atoms with Crippen LogP contribution in [0.25, 0.3) is 0 Å². The number of hydrogen-bond acceptors (Lipinski definition) is 7. The maximum atomic E-state index is 11.6. The first kappa shape index (κ1) is 13.9. The number of aromatic nitrogens is 3. The highest BCUT2D eigenvalue weighted by Gasteiger charge is 2.25. The Balaban J connectivity index is 2.97. The van der Waals surface area contributed by atoms with E-state index in [-0.39, 0.29) is 17.6 Å². The van der Waals surface area contributed by atoms with Crippen molar-refractivity contribution < 1.29 is 19.1 Å². The minimum absolute atomic E-state index is 0.0291. The van der Waals surface area contributed by atoms with Gasteiger partial charge in [-0.2, -0.15) is 0 Å². The topological polar surface area (TPSA) is 109 Å². The lowest BCUT2D eigenvalue weighted by molar-refractivity contribution is -0.144. The molecule has 18 heavy (non-hydrogen) atoms. The number of nitrogens with zero attached hydrogens (tertiary/aromatic N) is 3. The molecule has 1 unspecified atom stereocenters. The van der Waals surface area contributed by atoms with Gasteiger partial charge in [0.05, 0.1) is 13.2 Å². The molecule has 1 heterocycles. The molecule has 0 spiro atoms. The summed E-state index contributed by atoms with van der Waals surface area (Å²) in [5, 5.41) is 7.27. The van der Waals surface area contributed by atoms with Gasteiger partial charge in [-0.15, -0.1) is 5.10 Å². The molecule has 0 bridgehead atoms. The van der Waals surface area contributed by atoms with Gasteiger partial charge in [-0.3, -0.25) is 0 Å². The molecule has 0 amide bonds. The molecule has 0 aliphatic rings. The van der Waals surface area contributed by atoms with Crippen LogP contribution < -0.4 is 5.73 Å². The number of esters is 2. The van der Waals surface area contributed by atoms with Crippen LogP contribution in [0.4, 0.5) is 5.82 Å². The number of ether oxygens (including phenoxy) is 2. The fourth-order valence-corrected chi connectivity index (χ4v) is 1.27. The van der Waals surface area contributed by atoms with Crippen molar-refractivity contribution in [3.63, 3.8) is 0 Å². The van der Waals surface area contributed by atoms with E-state index in [0.29, 0.717) is 0 Å². The summed E-state index contributed by atoms with van der Waals surface area (Å²) in [5.74, 6) is -1.24. The van der Waals surface area contributed by atoms with Crippen molar-refractivity contribution in [1.29, 1.82) is 0 Å². The zero-order valence-corrected chi connectivity index (χ0v) is 10.7. The normalized spacial score (nSPS) is 12.3. The van der Waals surface area contributed by atoms with Crippen molar-refractivity contribution >= 4 is 17.8 Å². The van der Waals surface area contributed by atoms with Crippen LogP contribution in [0.1, 0.15) is 37.3 Å². The quantitative estimate of drug-likeness (QED) is 0.764. The molecular formula is C10H16N4O4. The highest BCUT2D eigenvalue weighted by Crippen LogP contribution is 2.16. The van der Waals surface area contributed by atoms with Gasteiger partial charge in [0.1, 0.15) is 0 Å². The van der Waals surface area contributed by atoms with Crippen molar-refractivity contribution in [2.45, 2.75) is 32.9 Å². The molecule has 0 saturated heterocycles. The fraction of sp³-hybridized carbons (Fsp3) is 0.600. The van der Waals surface area contributed by atoms with Gasteiger partial charge in [-0.1, -0.05) is 5.21 Å². The first-order valence-electron chi connectivity index (χ1n) is 5.38. The lowest BCUT2D eigenvalue weighted by Crippen LogP contribution is -2.21. The maximum Gasteiger partial charge on any atom is 0.363 e. The van der Waals surface area contributed by atoms with E-state index in [1.165, 1.54) is 14.0 Å². The summed E-state index contributed by atoms with van der Waals surface area (Å²) in [4.78, 5) is 23.0. The molecule has 1 rings (SSSR count). The second-order valence-corrected chi connectivity index (χ2v) is 3.92. The van der Waals surface area contributed by atoms with Crippen molar-refractivity contribution in [2.24, 2.45) is 0 Å². The molecule has 8 heteroatoms. The summed E-state index contributed by atoms with van der Waals surface area (Å²) in [6, 6.07) is -0.761. The monoisotopic (exact) mass is 256 g/mol. The summed E-state index contributed by atoms with van der Waals surface area (Å²) in [5.41, 5.74) is 5.59. The van der Waals surface area contributed by atoms with E-state index in [1.807, 2.05) is 0 Å². The number of rotatable bonds is 4. The zero-order valence-electron chi connectivity index (χ0n) is 10.7. The number of nitrogens with two attached hydrogens (primary N) is 1. The number of anilines is 1. The molecular weight excluding hydrogens is 240 g/mol. The van der Waals surface area contributed by atoms with Crippen molar-refractivity contribution in [3.05, 3.63) is 5.69 Å². The molecule has 8 nitrogen and oxygen atoms in total. The lowest BCUT2D eigenvalue weighted by atomic mass is 10.3. The van der Waals surface area contributed by atoms with Crippen LogP contribution in [0.5, 0.6) is 0 Å². The van der Waals surface area contributed by atoms with E-state index in [1.54, 1.807) is 13.8 Å². The third-order valence-corrected chi connectivity index (χ3v) is 2.18. The molecule has 1 aromatic rings. The minimum Gasteiger partial charge on any atom is -0.467 e. The highest BCUT2D eigenvalue weighted by atomic mass is 16.5. The van der Waals surface area contributed by atoms with Gasteiger partial charge >= 0.3 is 11.9 Å². The van der Waals surface area contributed by atoms with Gasteiger partial charge in [0.15, 0.2) is 11.9 Å². The van der Waals surface area contributed by atoms with E-state index in [0.717, 1.165) is 4.68 Å². The summed E-state index contributed by atoms with van der Waals surface area (Å²) in [6.07, 6.45) is -0.292. The standard InChI is InChI=1S/C10H16N4O4/c1-5(2)18-10(16)7-8(11)14(13-12-7)6(3)9(15)17-4/h5-6H,11H2,1-4H3. The average Bonchev–Trinajstić information content (AvgIpc) is 2.68. The summed E-state index contributed by atoms with van der Waals surface area (Å²) in [6.45, 7) is 4.94. The Morgan fingerprint density at radius 1 is 1.33 bits per heavy atom. The zero-order chi connectivity index (χ0) is 13.9. The van der Waals surface area contributed by atoms with Gasteiger partial charge in [0.2, 0.25) is 5.69 Å². The summed E-state index contributed by atoms with van der Waals surface area (Å²) < 4.78 is 10.6. The van der Waals surface area contributed by atoms with Crippen molar-refractivity contribution in [1.82, 2.24) is 15.0 Å². The Morgan fingerprint density at radius 2 is 1.94 bits per heavy atom. The van der Waals surface area contributed by atoms with Crippen LogP contribution in [0, 0.1) is 0 Å². The molecule has 0 aliphatic heterocycles. The molecule has 0 saturated carbocycles. The predicted molar refractivity (Wildman–Crippen MR) is 61.7 cm³/mol. The Morgan fingerprint density at radius 3 is 2.44 bits per heavy atom. The fourth-order valence-electron chi connectivity index (χ4n) is 1.27. The number of hydrogen-bond donors (Lipinski definition) is 1. The number of nitrogen functional groups attached to an aromatic ring is 1. The molecule has 0 radical (unpaired) electrons. The molecule has 0 aromatic carbocycles. The molecule has 0 fully saturated rings.